The molecule has 288 valence electrons. The molecule has 0 aliphatic carbocycles. The highest BCUT2D eigenvalue weighted by atomic mass is 16.5. The Labute approximate surface area is 304 Å². The van der Waals surface area contributed by atoms with Crippen molar-refractivity contribution in [2.75, 3.05) is 51.4 Å². The van der Waals surface area contributed by atoms with E-state index in [1.54, 1.807) is 38.1 Å². The topological polar surface area (TPSA) is 237 Å². The summed E-state index contributed by atoms with van der Waals surface area (Å²) in [5.74, 6) is -2.41. The molecule has 0 spiro atoms. The van der Waals surface area contributed by atoms with Gasteiger partial charge in [-0.3, -0.25) is 28.9 Å². The Morgan fingerprint density at radius 3 is 2.15 bits per heavy atom. The molecular weight excluding hydrogens is 678 g/mol. The summed E-state index contributed by atoms with van der Waals surface area (Å²) in [5, 5.41) is 13.3. The van der Waals surface area contributed by atoms with Gasteiger partial charge in [-0.05, 0) is 56.2 Å². The number of hydrogen-bond donors (Lipinski definition) is 6. The van der Waals surface area contributed by atoms with Gasteiger partial charge in [0.1, 0.15) is 18.7 Å². The number of alkyl carbamates (subject to hydrolysis) is 1. The van der Waals surface area contributed by atoms with Gasteiger partial charge in [-0.25, -0.2) is 9.59 Å². The predicted octanol–water partition coefficient (Wildman–Crippen LogP) is 1.46. The van der Waals surface area contributed by atoms with Crippen LogP contribution in [0, 0.1) is 5.92 Å². The average molecular weight is 732 g/mol. The van der Waals surface area contributed by atoms with Gasteiger partial charge in [-0.15, -0.1) is 0 Å². The molecule has 0 radical (unpaired) electrons. The predicted molar refractivity (Wildman–Crippen MR) is 190 cm³/mol. The lowest BCUT2D eigenvalue weighted by Gasteiger charge is -2.25. The first-order valence-corrected chi connectivity index (χ1v) is 17.5. The lowest BCUT2D eigenvalue weighted by Crippen LogP contribution is -2.54. The second kappa shape index (κ2) is 24.2. The summed E-state index contributed by atoms with van der Waals surface area (Å²) in [7, 11) is 0. The van der Waals surface area contributed by atoms with E-state index in [4.69, 9.17) is 19.9 Å². The third-order valence-corrected chi connectivity index (χ3v) is 7.74. The summed E-state index contributed by atoms with van der Waals surface area (Å²) >= 11 is 0. The van der Waals surface area contributed by atoms with Crippen molar-refractivity contribution in [3.8, 4) is 0 Å². The van der Waals surface area contributed by atoms with E-state index in [1.807, 2.05) is 6.92 Å². The number of primary amides is 1. The van der Waals surface area contributed by atoms with Crippen molar-refractivity contribution in [2.24, 2.45) is 11.7 Å². The zero-order valence-corrected chi connectivity index (χ0v) is 30.2. The van der Waals surface area contributed by atoms with E-state index in [1.165, 1.54) is 12.2 Å². The van der Waals surface area contributed by atoms with Crippen LogP contribution >= 0.6 is 0 Å². The highest BCUT2D eigenvalue weighted by molar-refractivity contribution is 6.12. The Kier molecular flexibility index (Phi) is 20.1. The van der Waals surface area contributed by atoms with Gasteiger partial charge in [0.05, 0.1) is 19.8 Å². The zero-order chi connectivity index (χ0) is 38.3. The van der Waals surface area contributed by atoms with E-state index in [9.17, 15) is 33.6 Å². The van der Waals surface area contributed by atoms with E-state index in [0.717, 1.165) is 4.90 Å². The van der Waals surface area contributed by atoms with Crippen LogP contribution in [0.5, 0.6) is 0 Å². The summed E-state index contributed by atoms with van der Waals surface area (Å²) in [4.78, 5) is 87.1. The normalized spacial score (nSPS) is 13.4. The SMILES string of the molecule is CCOCCOCCNC(=O)OCc1ccc(NC(=O)[C@H](CCCNC(N)=O)NC(=O)[C@@H](NC(=O)CCCCCN2C(=O)C=CC2=O)C(C)C)cc1. The Bertz CT molecular complexity index is 1350. The molecule has 2 atom stereocenters. The van der Waals surface area contributed by atoms with Crippen LogP contribution in [-0.4, -0.2) is 105 Å². The fraction of sp³-hybridized carbons (Fsp3) is 0.571. The van der Waals surface area contributed by atoms with Crippen LogP contribution in [0.1, 0.15) is 64.9 Å². The van der Waals surface area contributed by atoms with Crippen LogP contribution in [0.4, 0.5) is 15.3 Å². The fourth-order valence-corrected chi connectivity index (χ4v) is 4.92. The van der Waals surface area contributed by atoms with Crippen molar-refractivity contribution in [3.63, 3.8) is 0 Å². The number of imide groups is 1. The Hall–Kier alpha value is -5.03. The highest BCUT2D eigenvalue weighted by Gasteiger charge is 2.29. The van der Waals surface area contributed by atoms with Crippen molar-refractivity contribution in [3.05, 3.63) is 42.0 Å². The fourth-order valence-electron chi connectivity index (χ4n) is 4.92. The Morgan fingerprint density at radius 1 is 0.808 bits per heavy atom. The van der Waals surface area contributed by atoms with Gasteiger partial charge in [-0.1, -0.05) is 32.4 Å². The lowest BCUT2D eigenvalue weighted by molar-refractivity contribution is -0.137. The maximum absolute atomic E-state index is 13.4. The number of urea groups is 1. The molecule has 1 aliphatic rings. The maximum Gasteiger partial charge on any atom is 0.407 e. The highest BCUT2D eigenvalue weighted by Crippen LogP contribution is 2.13. The minimum absolute atomic E-state index is 0.00253. The number of unbranched alkanes of at least 4 members (excludes halogenated alkanes) is 2. The second-order valence-electron chi connectivity index (χ2n) is 12.3. The number of amides is 8. The number of nitrogens with zero attached hydrogens (tertiary/aromatic N) is 1. The number of nitrogens with one attached hydrogen (secondary N) is 5. The molecule has 0 saturated carbocycles. The van der Waals surface area contributed by atoms with Crippen LogP contribution in [0.15, 0.2) is 36.4 Å². The zero-order valence-electron chi connectivity index (χ0n) is 30.2. The average Bonchev–Trinajstić information content (AvgIpc) is 3.43. The van der Waals surface area contributed by atoms with Crippen molar-refractivity contribution in [1.29, 1.82) is 0 Å². The molecule has 17 heteroatoms. The number of carbonyl (C=O) groups excluding carboxylic acids is 7. The Balaban J connectivity index is 1.87. The van der Waals surface area contributed by atoms with Gasteiger partial charge in [0, 0.05) is 50.5 Å². The molecule has 1 heterocycles. The molecule has 1 aromatic rings. The lowest BCUT2D eigenvalue weighted by atomic mass is 10.0. The number of nitrogens with two attached hydrogens (primary N) is 1. The number of anilines is 1. The number of carbonyl (C=O) groups is 7. The molecular formula is C35H53N7O10. The molecule has 2 rings (SSSR count). The van der Waals surface area contributed by atoms with E-state index in [2.05, 4.69) is 26.6 Å². The van der Waals surface area contributed by atoms with Gasteiger partial charge in [0.15, 0.2) is 0 Å². The van der Waals surface area contributed by atoms with Gasteiger partial charge >= 0.3 is 12.1 Å². The minimum Gasteiger partial charge on any atom is -0.445 e. The summed E-state index contributed by atoms with van der Waals surface area (Å²) in [5.41, 5.74) is 6.25. The molecule has 0 bridgehead atoms. The van der Waals surface area contributed by atoms with Gasteiger partial charge in [-0.2, -0.15) is 0 Å². The van der Waals surface area contributed by atoms with Crippen LogP contribution < -0.4 is 32.3 Å². The summed E-state index contributed by atoms with van der Waals surface area (Å²) in [6, 6.07) is 3.95. The monoisotopic (exact) mass is 731 g/mol. The smallest absolute Gasteiger partial charge is 0.407 e. The molecule has 0 unspecified atom stereocenters. The quantitative estimate of drug-likeness (QED) is 0.0626. The molecule has 8 amide bonds. The molecule has 52 heavy (non-hydrogen) atoms. The van der Waals surface area contributed by atoms with Crippen molar-refractivity contribution in [1.82, 2.24) is 26.2 Å². The molecule has 1 aliphatic heterocycles. The molecule has 17 nitrogen and oxygen atoms in total. The molecule has 1 aromatic carbocycles. The van der Waals surface area contributed by atoms with Crippen molar-refractivity contribution >= 4 is 47.3 Å². The van der Waals surface area contributed by atoms with Gasteiger partial charge in [0.2, 0.25) is 17.7 Å². The second-order valence-corrected chi connectivity index (χ2v) is 12.3. The molecule has 0 aromatic heterocycles. The first-order valence-electron chi connectivity index (χ1n) is 17.5. The maximum atomic E-state index is 13.4. The van der Waals surface area contributed by atoms with Gasteiger partial charge < -0.3 is 46.5 Å². The summed E-state index contributed by atoms with van der Waals surface area (Å²) < 4.78 is 15.7. The van der Waals surface area contributed by atoms with E-state index < -0.39 is 36.0 Å². The van der Waals surface area contributed by atoms with Crippen LogP contribution in [0.25, 0.3) is 0 Å². The Morgan fingerprint density at radius 2 is 1.50 bits per heavy atom. The van der Waals surface area contributed by atoms with Gasteiger partial charge in [0.25, 0.3) is 11.8 Å². The van der Waals surface area contributed by atoms with Crippen molar-refractivity contribution < 1.29 is 47.8 Å². The van der Waals surface area contributed by atoms with Crippen LogP contribution in [0.2, 0.25) is 0 Å². The van der Waals surface area contributed by atoms with E-state index in [-0.39, 0.29) is 62.7 Å². The number of ether oxygens (including phenoxy) is 3. The van der Waals surface area contributed by atoms with E-state index >= 15 is 0 Å². The van der Waals surface area contributed by atoms with Crippen molar-refractivity contribution in [2.45, 2.75) is 78.0 Å². The number of rotatable bonds is 25. The largest absolute Gasteiger partial charge is 0.445 e. The van der Waals surface area contributed by atoms with E-state index in [0.29, 0.717) is 63.4 Å². The first kappa shape index (κ1) is 43.1. The van der Waals surface area contributed by atoms with Crippen LogP contribution in [-0.2, 0) is 44.8 Å². The molecule has 0 fully saturated rings. The third kappa shape index (κ3) is 17.3. The summed E-state index contributed by atoms with van der Waals surface area (Å²) in [6.07, 6.45) is 4.10. The summed E-state index contributed by atoms with van der Waals surface area (Å²) in [6.45, 7) is 8.00. The first-order chi connectivity index (χ1) is 24.9. The number of hydrogen-bond acceptors (Lipinski definition) is 10. The molecule has 0 saturated heterocycles. The minimum atomic E-state index is -1.01. The molecule has 7 N–H and O–H groups in total. The third-order valence-electron chi connectivity index (χ3n) is 7.74. The number of benzene rings is 1. The standard InChI is InChI=1S/C35H53N7O10/c1-4-50-21-22-51-20-18-38-35(49)52-23-25-11-13-26(14-12-25)39-32(46)27(9-8-17-37-34(36)48)40-33(47)31(24(2)3)41-28(43)10-6-5-7-19-42-29(44)15-16-30(42)45/h11-16,24,27,31H,4-10,17-23H2,1-3H3,(H,38,49)(H,39,46)(H,40,47)(H,41,43)(H3,36,37,48)/t27-,31-/m0/s1. The van der Waals surface area contributed by atoms with Crippen LogP contribution in [0.3, 0.4) is 0 Å².